The normalized spacial score (nSPS) is 12.4. The first-order valence-corrected chi connectivity index (χ1v) is 7.37. The Labute approximate surface area is 110 Å². The minimum atomic E-state index is 0.515. The molecule has 0 amide bonds. The average Bonchev–Trinajstić information content (AvgIpc) is 2.73. The van der Waals surface area contributed by atoms with Crippen LogP contribution >= 0.6 is 23.1 Å². The van der Waals surface area contributed by atoms with Crippen molar-refractivity contribution in [2.45, 2.75) is 23.4 Å². The maximum atomic E-state index is 4.46. The van der Waals surface area contributed by atoms with Gasteiger partial charge < -0.3 is 5.32 Å². The van der Waals surface area contributed by atoms with Crippen LogP contribution in [0.2, 0.25) is 0 Å². The molecule has 1 unspecified atom stereocenters. The van der Waals surface area contributed by atoms with E-state index in [0.29, 0.717) is 5.25 Å². The second-order valence-corrected chi connectivity index (χ2v) is 6.47. The second-order valence-electron chi connectivity index (χ2n) is 3.93. The third kappa shape index (κ3) is 4.06. The van der Waals surface area contributed by atoms with Gasteiger partial charge in [-0.05, 0) is 19.1 Å². The number of thioether (sulfide) groups is 1. The summed E-state index contributed by atoms with van der Waals surface area (Å²) in [6.45, 7) is 5.21. The van der Waals surface area contributed by atoms with Gasteiger partial charge in [-0.25, -0.2) is 4.98 Å². The first-order chi connectivity index (χ1) is 8.24. The number of para-hydroxylation sites is 1. The SMILES string of the molecule is Cc1csc(SC(C)CNc2ccccc2)n1. The van der Waals surface area contributed by atoms with Gasteiger partial charge in [0.05, 0.1) is 0 Å². The van der Waals surface area contributed by atoms with E-state index in [1.54, 1.807) is 11.3 Å². The fourth-order valence-corrected chi connectivity index (χ4v) is 3.51. The van der Waals surface area contributed by atoms with Crippen molar-refractivity contribution in [3.63, 3.8) is 0 Å². The number of nitrogens with one attached hydrogen (secondary N) is 1. The van der Waals surface area contributed by atoms with Crippen molar-refractivity contribution in [1.29, 1.82) is 0 Å². The molecule has 2 nitrogen and oxygen atoms in total. The molecule has 2 rings (SSSR count). The first-order valence-electron chi connectivity index (χ1n) is 5.62. The molecule has 1 heterocycles. The average molecular weight is 264 g/mol. The van der Waals surface area contributed by atoms with Crippen LogP contribution in [0.4, 0.5) is 5.69 Å². The van der Waals surface area contributed by atoms with Crippen LogP contribution < -0.4 is 5.32 Å². The van der Waals surface area contributed by atoms with Gasteiger partial charge in [0.15, 0.2) is 0 Å². The lowest BCUT2D eigenvalue weighted by Crippen LogP contribution is -2.12. The fraction of sp³-hybridized carbons (Fsp3) is 0.308. The number of hydrogen-bond acceptors (Lipinski definition) is 4. The van der Waals surface area contributed by atoms with Gasteiger partial charge in [-0.3, -0.25) is 0 Å². The third-order valence-corrected chi connectivity index (χ3v) is 4.46. The van der Waals surface area contributed by atoms with Gasteiger partial charge in [0, 0.05) is 28.6 Å². The topological polar surface area (TPSA) is 24.9 Å². The fourth-order valence-electron chi connectivity index (χ4n) is 1.42. The molecule has 1 aromatic carbocycles. The quantitative estimate of drug-likeness (QED) is 0.825. The Balaban J connectivity index is 1.80. The molecule has 0 aliphatic heterocycles. The smallest absolute Gasteiger partial charge is 0.150 e. The largest absolute Gasteiger partial charge is 0.384 e. The van der Waals surface area contributed by atoms with Crippen molar-refractivity contribution in [3.05, 3.63) is 41.4 Å². The Kier molecular flexibility index (Phi) is 4.45. The summed E-state index contributed by atoms with van der Waals surface area (Å²) < 4.78 is 1.16. The lowest BCUT2D eigenvalue weighted by atomic mass is 10.3. The van der Waals surface area contributed by atoms with Crippen LogP contribution in [-0.4, -0.2) is 16.8 Å². The zero-order chi connectivity index (χ0) is 12.1. The van der Waals surface area contributed by atoms with Crippen molar-refractivity contribution < 1.29 is 0 Å². The van der Waals surface area contributed by atoms with E-state index in [2.05, 4.69) is 34.7 Å². The Morgan fingerprint density at radius 2 is 2.12 bits per heavy atom. The minimum absolute atomic E-state index is 0.515. The number of hydrogen-bond donors (Lipinski definition) is 1. The highest BCUT2D eigenvalue weighted by Gasteiger charge is 2.07. The van der Waals surface area contributed by atoms with E-state index in [1.807, 2.05) is 36.9 Å². The third-order valence-electron chi connectivity index (χ3n) is 2.27. The van der Waals surface area contributed by atoms with Crippen molar-refractivity contribution in [3.8, 4) is 0 Å². The highest BCUT2D eigenvalue weighted by Crippen LogP contribution is 2.26. The Bertz CT molecular complexity index is 453. The minimum Gasteiger partial charge on any atom is -0.384 e. The summed E-state index contributed by atoms with van der Waals surface area (Å²) in [5.41, 5.74) is 2.29. The maximum absolute atomic E-state index is 4.46. The molecule has 1 N–H and O–H groups in total. The zero-order valence-corrected chi connectivity index (χ0v) is 11.6. The summed E-state index contributed by atoms with van der Waals surface area (Å²) in [4.78, 5) is 4.46. The molecule has 2 aromatic rings. The molecule has 0 spiro atoms. The summed E-state index contributed by atoms with van der Waals surface area (Å²) in [6, 6.07) is 10.3. The predicted molar refractivity (Wildman–Crippen MR) is 77.1 cm³/mol. The first kappa shape index (κ1) is 12.5. The molecule has 0 saturated carbocycles. The molecule has 0 fully saturated rings. The van der Waals surface area contributed by atoms with Gasteiger partial charge in [-0.1, -0.05) is 36.9 Å². The number of aromatic nitrogens is 1. The van der Waals surface area contributed by atoms with Crippen LogP contribution in [0, 0.1) is 6.92 Å². The zero-order valence-electron chi connectivity index (χ0n) is 10.0. The van der Waals surface area contributed by atoms with Crippen LogP contribution in [0.25, 0.3) is 0 Å². The van der Waals surface area contributed by atoms with Crippen LogP contribution in [0.1, 0.15) is 12.6 Å². The lowest BCUT2D eigenvalue weighted by Gasteiger charge is -2.11. The van der Waals surface area contributed by atoms with E-state index in [4.69, 9.17) is 0 Å². The number of rotatable bonds is 5. The van der Waals surface area contributed by atoms with Gasteiger partial charge >= 0.3 is 0 Å². The van der Waals surface area contributed by atoms with Crippen molar-refractivity contribution in [2.24, 2.45) is 0 Å². The summed E-state index contributed by atoms with van der Waals surface area (Å²) >= 11 is 3.55. The number of benzene rings is 1. The molecule has 90 valence electrons. The lowest BCUT2D eigenvalue weighted by molar-refractivity contribution is 0.994. The molecular weight excluding hydrogens is 248 g/mol. The van der Waals surface area contributed by atoms with Gasteiger partial charge in [-0.2, -0.15) is 0 Å². The van der Waals surface area contributed by atoms with E-state index < -0.39 is 0 Å². The highest BCUT2D eigenvalue weighted by atomic mass is 32.2. The van der Waals surface area contributed by atoms with Crippen molar-refractivity contribution >= 4 is 28.8 Å². The molecule has 1 atom stereocenters. The van der Waals surface area contributed by atoms with Crippen molar-refractivity contribution in [1.82, 2.24) is 4.98 Å². The predicted octanol–water partition coefficient (Wildman–Crippen LogP) is 4.04. The van der Waals surface area contributed by atoms with E-state index in [9.17, 15) is 0 Å². The molecule has 0 saturated heterocycles. The van der Waals surface area contributed by atoms with Crippen molar-refractivity contribution in [2.75, 3.05) is 11.9 Å². The number of anilines is 1. The Hall–Kier alpha value is -1.00. The van der Waals surface area contributed by atoms with Crippen LogP contribution in [0.15, 0.2) is 40.1 Å². The van der Waals surface area contributed by atoms with E-state index >= 15 is 0 Å². The van der Waals surface area contributed by atoms with E-state index in [-0.39, 0.29) is 0 Å². The summed E-state index contributed by atoms with van der Waals surface area (Å²) in [5, 5.41) is 6.04. The number of thiazole rings is 1. The van der Waals surface area contributed by atoms with Gasteiger partial charge in [-0.15, -0.1) is 11.3 Å². The monoisotopic (exact) mass is 264 g/mol. The molecular formula is C13H16N2S2. The standard InChI is InChI=1S/C13H16N2S2/c1-10-9-16-13(15-10)17-11(2)8-14-12-6-4-3-5-7-12/h3-7,9,11,14H,8H2,1-2H3. The van der Waals surface area contributed by atoms with Crippen LogP contribution in [-0.2, 0) is 0 Å². The highest BCUT2D eigenvalue weighted by molar-refractivity contribution is 8.01. The molecule has 0 aliphatic carbocycles. The van der Waals surface area contributed by atoms with E-state index in [1.165, 1.54) is 5.69 Å². The maximum Gasteiger partial charge on any atom is 0.150 e. The van der Waals surface area contributed by atoms with Crippen LogP contribution in [0.5, 0.6) is 0 Å². The summed E-state index contributed by atoms with van der Waals surface area (Å²) in [5.74, 6) is 0. The number of nitrogens with zero attached hydrogens (tertiary/aromatic N) is 1. The Morgan fingerprint density at radius 3 is 2.76 bits per heavy atom. The number of aryl methyl sites for hydroxylation is 1. The molecule has 0 aliphatic rings. The summed E-state index contributed by atoms with van der Waals surface area (Å²) in [6.07, 6.45) is 0. The van der Waals surface area contributed by atoms with E-state index in [0.717, 1.165) is 16.6 Å². The summed E-state index contributed by atoms with van der Waals surface area (Å²) in [7, 11) is 0. The Morgan fingerprint density at radius 1 is 1.35 bits per heavy atom. The van der Waals surface area contributed by atoms with Gasteiger partial charge in [0.1, 0.15) is 4.34 Å². The molecule has 4 heteroatoms. The second kappa shape index (κ2) is 6.07. The molecule has 1 aromatic heterocycles. The van der Waals surface area contributed by atoms with Gasteiger partial charge in [0.25, 0.3) is 0 Å². The van der Waals surface area contributed by atoms with Gasteiger partial charge in [0.2, 0.25) is 0 Å². The molecule has 17 heavy (non-hydrogen) atoms. The molecule has 0 radical (unpaired) electrons. The van der Waals surface area contributed by atoms with Crippen LogP contribution in [0.3, 0.4) is 0 Å². The molecule has 0 bridgehead atoms.